The third-order valence-corrected chi connectivity index (χ3v) is 3.17. The van der Waals surface area contributed by atoms with Gasteiger partial charge in [0.25, 0.3) is 5.69 Å². The van der Waals surface area contributed by atoms with Gasteiger partial charge in [0, 0.05) is 17.7 Å². The fraction of sp³-hybridized carbons (Fsp3) is 0.125. The minimum atomic E-state index is -0.807. The molecule has 0 saturated carbocycles. The molecular weight excluding hydrogens is 302 g/mol. The normalized spacial score (nSPS) is 10.1. The van der Waals surface area contributed by atoms with Crippen LogP contribution in [0.15, 0.2) is 36.4 Å². The van der Waals surface area contributed by atoms with Gasteiger partial charge in [0.15, 0.2) is 6.29 Å². The summed E-state index contributed by atoms with van der Waals surface area (Å²) in [6.45, 7) is 1.67. The summed E-state index contributed by atoms with van der Waals surface area (Å²) in [6.07, 6.45) is 0.457. The van der Waals surface area contributed by atoms with Crippen molar-refractivity contribution in [3.05, 3.63) is 57.6 Å². The molecule has 1 N–H and O–H groups in total. The Morgan fingerprint density at radius 3 is 2.48 bits per heavy atom. The van der Waals surface area contributed by atoms with E-state index in [1.807, 2.05) is 0 Å². The Hall–Kier alpha value is -3.22. The molecule has 23 heavy (non-hydrogen) atoms. The number of carbonyl (C=O) groups is 2. The number of nitro groups is 1. The van der Waals surface area contributed by atoms with Crippen LogP contribution in [0.25, 0.3) is 11.1 Å². The van der Waals surface area contributed by atoms with Crippen LogP contribution in [0.3, 0.4) is 0 Å². The van der Waals surface area contributed by atoms with Gasteiger partial charge in [-0.25, -0.2) is 4.79 Å². The highest BCUT2D eigenvalue weighted by Crippen LogP contribution is 2.31. The number of rotatable bonds is 5. The molecule has 2 aromatic rings. The molecular formula is C16H13NO6. The first-order valence-corrected chi connectivity index (χ1v) is 6.72. The first-order valence-electron chi connectivity index (χ1n) is 6.72. The minimum Gasteiger partial charge on any atom is -0.508 e. The maximum atomic E-state index is 12.0. The number of nitro benzene ring substituents is 1. The Labute approximate surface area is 131 Å². The zero-order valence-corrected chi connectivity index (χ0v) is 12.2. The predicted octanol–water partition coefficient (Wildman–Crippen LogP) is 2.96. The summed E-state index contributed by atoms with van der Waals surface area (Å²) in [5, 5.41) is 20.4. The topological polar surface area (TPSA) is 107 Å². The number of benzene rings is 2. The van der Waals surface area contributed by atoms with E-state index in [0.717, 1.165) is 6.07 Å². The van der Waals surface area contributed by atoms with E-state index in [9.17, 15) is 24.8 Å². The second-order valence-electron chi connectivity index (χ2n) is 4.60. The van der Waals surface area contributed by atoms with Crippen molar-refractivity contribution in [1.82, 2.24) is 0 Å². The Kier molecular flexibility index (Phi) is 4.70. The average molecular weight is 315 g/mol. The van der Waals surface area contributed by atoms with Crippen molar-refractivity contribution in [3.8, 4) is 16.9 Å². The molecule has 0 spiro atoms. The highest BCUT2D eigenvalue weighted by molar-refractivity contribution is 6.03. The second kappa shape index (κ2) is 6.69. The number of aromatic hydroxyl groups is 1. The number of phenols is 1. The fourth-order valence-electron chi connectivity index (χ4n) is 2.13. The van der Waals surface area contributed by atoms with Gasteiger partial charge < -0.3 is 9.84 Å². The molecule has 0 heterocycles. The van der Waals surface area contributed by atoms with E-state index in [1.165, 1.54) is 30.3 Å². The quantitative estimate of drug-likeness (QED) is 0.393. The van der Waals surface area contributed by atoms with E-state index in [1.54, 1.807) is 6.92 Å². The van der Waals surface area contributed by atoms with Gasteiger partial charge in [-0.2, -0.15) is 0 Å². The first-order chi connectivity index (χ1) is 11.0. The molecule has 0 atom stereocenters. The van der Waals surface area contributed by atoms with Crippen LogP contribution in [0.5, 0.6) is 5.75 Å². The van der Waals surface area contributed by atoms with Crippen LogP contribution in [-0.2, 0) is 4.74 Å². The summed E-state index contributed by atoms with van der Waals surface area (Å²) in [7, 11) is 0. The lowest BCUT2D eigenvalue weighted by atomic mass is 9.95. The Bertz CT molecular complexity index is 767. The maximum Gasteiger partial charge on any atom is 0.339 e. The van der Waals surface area contributed by atoms with Gasteiger partial charge in [0.05, 0.1) is 17.1 Å². The first kappa shape index (κ1) is 16.2. The fourth-order valence-corrected chi connectivity index (χ4v) is 2.13. The smallest absolute Gasteiger partial charge is 0.339 e. The Morgan fingerprint density at radius 2 is 1.96 bits per heavy atom. The molecule has 0 bridgehead atoms. The summed E-state index contributed by atoms with van der Waals surface area (Å²) in [6, 6.07) is 7.98. The molecule has 7 nitrogen and oxygen atoms in total. The molecule has 0 fully saturated rings. The predicted molar refractivity (Wildman–Crippen MR) is 81.5 cm³/mol. The number of nitrogens with zero attached hydrogens (tertiary/aromatic N) is 1. The zero-order chi connectivity index (χ0) is 17.0. The third-order valence-electron chi connectivity index (χ3n) is 3.17. The molecule has 0 aliphatic rings. The van der Waals surface area contributed by atoms with E-state index in [4.69, 9.17) is 4.74 Å². The summed E-state index contributed by atoms with van der Waals surface area (Å²) in [5.41, 5.74) is 0.178. The van der Waals surface area contributed by atoms with E-state index in [-0.39, 0.29) is 34.7 Å². The van der Waals surface area contributed by atoms with Crippen LogP contribution < -0.4 is 0 Å². The van der Waals surface area contributed by atoms with Crippen molar-refractivity contribution < 1.29 is 24.4 Å². The van der Waals surface area contributed by atoms with E-state index in [0.29, 0.717) is 11.8 Å². The van der Waals surface area contributed by atoms with Crippen LogP contribution in [-0.4, -0.2) is 28.9 Å². The monoisotopic (exact) mass is 315 g/mol. The number of hydrogen-bond donors (Lipinski definition) is 1. The number of esters is 1. The highest BCUT2D eigenvalue weighted by atomic mass is 16.6. The van der Waals surface area contributed by atoms with Crippen molar-refractivity contribution >= 4 is 17.9 Å². The molecule has 118 valence electrons. The zero-order valence-electron chi connectivity index (χ0n) is 12.2. The van der Waals surface area contributed by atoms with Gasteiger partial charge in [-0.3, -0.25) is 14.9 Å². The lowest BCUT2D eigenvalue weighted by Gasteiger charge is -2.10. The molecule has 0 aliphatic heterocycles. The number of hydrogen-bond acceptors (Lipinski definition) is 6. The van der Waals surface area contributed by atoms with Crippen LogP contribution in [0.4, 0.5) is 5.69 Å². The van der Waals surface area contributed by atoms with Gasteiger partial charge in [-0.05, 0) is 30.2 Å². The van der Waals surface area contributed by atoms with Crippen molar-refractivity contribution in [1.29, 1.82) is 0 Å². The van der Waals surface area contributed by atoms with Crippen molar-refractivity contribution in [3.63, 3.8) is 0 Å². The van der Waals surface area contributed by atoms with Crippen molar-refractivity contribution in [2.24, 2.45) is 0 Å². The number of phenolic OH excluding ortho intramolecular Hbond substituents is 1. The van der Waals surface area contributed by atoms with Crippen LogP contribution >= 0.6 is 0 Å². The second-order valence-corrected chi connectivity index (χ2v) is 4.60. The number of non-ortho nitro benzene ring substituents is 1. The summed E-state index contributed by atoms with van der Waals surface area (Å²) in [5.74, 6) is -0.796. The van der Waals surface area contributed by atoms with Crippen LogP contribution in [0, 0.1) is 10.1 Å². The molecule has 7 heteroatoms. The molecule has 0 saturated heterocycles. The van der Waals surface area contributed by atoms with Crippen LogP contribution in [0.1, 0.15) is 27.6 Å². The van der Waals surface area contributed by atoms with Gasteiger partial charge >= 0.3 is 5.97 Å². The standard InChI is InChI=1S/C16H13NO6/c1-2-23-16(20)14-8-11(17(21)22)7-13(15(14)9-18)10-3-5-12(19)6-4-10/h3-9,19H,2H2,1H3. The van der Waals surface area contributed by atoms with E-state index < -0.39 is 10.9 Å². The average Bonchev–Trinajstić information content (AvgIpc) is 2.54. The summed E-state index contributed by atoms with van der Waals surface area (Å²) >= 11 is 0. The third kappa shape index (κ3) is 3.34. The number of carbonyl (C=O) groups excluding carboxylic acids is 2. The van der Waals surface area contributed by atoms with Crippen LogP contribution in [0.2, 0.25) is 0 Å². The molecule has 2 rings (SSSR count). The van der Waals surface area contributed by atoms with E-state index in [2.05, 4.69) is 0 Å². The maximum absolute atomic E-state index is 12.0. The van der Waals surface area contributed by atoms with Crippen molar-refractivity contribution in [2.75, 3.05) is 6.61 Å². The lowest BCUT2D eigenvalue weighted by molar-refractivity contribution is -0.384. The largest absolute Gasteiger partial charge is 0.508 e. The Morgan fingerprint density at radius 1 is 1.30 bits per heavy atom. The van der Waals surface area contributed by atoms with Gasteiger partial charge in [-0.1, -0.05) is 12.1 Å². The molecule has 0 aromatic heterocycles. The molecule has 2 aromatic carbocycles. The molecule has 0 unspecified atom stereocenters. The van der Waals surface area contributed by atoms with Gasteiger partial charge in [0.1, 0.15) is 5.75 Å². The van der Waals surface area contributed by atoms with Gasteiger partial charge in [0.2, 0.25) is 0 Å². The summed E-state index contributed by atoms with van der Waals surface area (Å²) in [4.78, 5) is 33.9. The van der Waals surface area contributed by atoms with Gasteiger partial charge in [-0.15, -0.1) is 0 Å². The Balaban J connectivity index is 2.73. The molecule has 0 aliphatic carbocycles. The SMILES string of the molecule is CCOC(=O)c1cc([N+](=O)[O-])cc(-c2ccc(O)cc2)c1C=O. The minimum absolute atomic E-state index is 0.000241. The molecule has 0 amide bonds. The highest BCUT2D eigenvalue weighted by Gasteiger charge is 2.22. The number of aldehydes is 1. The number of ether oxygens (including phenoxy) is 1. The molecule has 0 radical (unpaired) electrons. The van der Waals surface area contributed by atoms with Crippen molar-refractivity contribution in [2.45, 2.75) is 6.92 Å². The summed E-state index contributed by atoms with van der Waals surface area (Å²) < 4.78 is 4.85. The lowest BCUT2D eigenvalue weighted by Crippen LogP contribution is -2.10. The van der Waals surface area contributed by atoms with E-state index >= 15 is 0 Å².